The molecular formula is C22H36N3O5+. The average molecular weight is 423 g/mol. The fraction of sp³-hybridized carbons (Fsp3) is 0.682. The monoisotopic (exact) mass is 422 g/mol. The van der Waals surface area contributed by atoms with Gasteiger partial charge in [-0.1, -0.05) is 0 Å². The highest BCUT2D eigenvalue weighted by Gasteiger charge is 2.28. The SMILES string of the molecule is CCOc1cc(N2CCOCC2)c(OCC)cc1NC(=O)C[NH+]1C[C@@H](C)O[C@H](C)C1. The smallest absolute Gasteiger partial charge is 0.279 e. The van der Waals surface area contributed by atoms with Crippen molar-refractivity contribution in [2.75, 3.05) is 69.4 Å². The van der Waals surface area contributed by atoms with Crippen molar-refractivity contribution >= 4 is 17.3 Å². The Bertz CT molecular complexity index is 698. The van der Waals surface area contributed by atoms with Crippen LogP contribution in [0.4, 0.5) is 11.4 Å². The van der Waals surface area contributed by atoms with Gasteiger partial charge >= 0.3 is 0 Å². The fourth-order valence-corrected chi connectivity index (χ4v) is 4.20. The van der Waals surface area contributed by atoms with Crippen LogP contribution in [0, 0.1) is 0 Å². The summed E-state index contributed by atoms with van der Waals surface area (Å²) >= 11 is 0. The molecule has 1 aromatic rings. The molecule has 0 aliphatic carbocycles. The topological polar surface area (TPSA) is 73.7 Å². The van der Waals surface area contributed by atoms with Crippen LogP contribution < -0.4 is 24.6 Å². The number of benzene rings is 1. The van der Waals surface area contributed by atoms with Crippen LogP contribution in [0.1, 0.15) is 27.7 Å². The van der Waals surface area contributed by atoms with Gasteiger partial charge in [-0.3, -0.25) is 4.79 Å². The van der Waals surface area contributed by atoms with Gasteiger partial charge in [0.1, 0.15) is 36.8 Å². The van der Waals surface area contributed by atoms with Gasteiger partial charge in [-0.2, -0.15) is 0 Å². The first-order chi connectivity index (χ1) is 14.5. The van der Waals surface area contributed by atoms with E-state index in [4.69, 9.17) is 18.9 Å². The number of anilines is 2. The number of hydrogen-bond acceptors (Lipinski definition) is 6. The molecule has 2 fully saturated rings. The largest absolute Gasteiger partial charge is 0.492 e. The lowest BCUT2D eigenvalue weighted by Gasteiger charge is -2.32. The average Bonchev–Trinajstić information content (AvgIpc) is 2.70. The van der Waals surface area contributed by atoms with Crippen LogP contribution in [0.5, 0.6) is 11.5 Å². The summed E-state index contributed by atoms with van der Waals surface area (Å²) in [7, 11) is 0. The lowest BCUT2D eigenvalue weighted by atomic mass is 10.2. The van der Waals surface area contributed by atoms with Crippen LogP contribution in [0.3, 0.4) is 0 Å². The standard InChI is InChI=1S/C22H35N3O5/c1-5-28-20-12-19(25-7-9-27-10-8-25)21(29-6-2)11-18(20)23-22(26)15-24-13-16(3)30-17(4)14-24/h11-12,16-17H,5-10,13-15H2,1-4H3,(H,23,26)/p+1/t16-,17-/m1/s1. The van der Waals surface area contributed by atoms with Crippen LogP contribution in [0.15, 0.2) is 12.1 Å². The highest BCUT2D eigenvalue weighted by molar-refractivity contribution is 5.94. The summed E-state index contributed by atoms with van der Waals surface area (Å²) < 4.78 is 23.0. The molecular weight excluding hydrogens is 386 g/mol. The van der Waals surface area contributed by atoms with Crippen LogP contribution in [0.25, 0.3) is 0 Å². The molecule has 8 nitrogen and oxygen atoms in total. The number of rotatable bonds is 8. The van der Waals surface area contributed by atoms with E-state index >= 15 is 0 Å². The summed E-state index contributed by atoms with van der Waals surface area (Å²) in [5, 5.41) is 3.05. The third-order valence-corrected chi connectivity index (χ3v) is 5.31. The maximum Gasteiger partial charge on any atom is 0.279 e. The molecule has 1 aromatic carbocycles. The Morgan fingerprint density at radius 2 is 1.73 bits per heavy atom. The molecule has 0 bridgehead atoms. The van der Waals surface area contributed by atoms with E-state index in [1.54, 1.807) is 0 Å². The summed E-state index contributed by atoms with van der Waals surface area (Å²) in [6, 6.07) is 3.86. The Hall–Kier alpha value is -2.03. The van der Waals surface area contributed by atoms with Crippen LogP contribution >= 0.6 is 0 Å². The van der Waals surface area contributed by atoms with Crippen molar-refractivity contribution in [3.63, 3.8) is 0 Å². The fourth-order valence-electron chi connectivity index (χ4n) is 4.20. The Kier molecular flexibility index (Phi) is 8.18. The first-order valence-corrected chi connectivity index (χ1v) is 11.0. The quantitative estimate of drug-likeness (QED) is 0.650. The number of morpholine rings is 2. The van der Waals surface area contributed by atoms with Gasteiger partial charge < -0.3 is 34.1 Å². The second kappa shape index (κ2) is 10.8. The molecule has 2 aliphatic heterocycles. The van der Waals surface area contributed by atoms with E-state index in [1.807, 2.05) is 26.0 Å². The van der Waals surface area contributed by atoms with Gasteiger partial charge in [0.2, 0.25) is 0 Å². The summed E-state index contributed by atoms with van der Waals surface area (Å²) in [6.45, 7) is 14.1. The van der Waals surface area contributed by atoms with Crippen molar-refractivity contribution in [1.82, 2.24) is 0 Å². The molecule has 2 heterocycles. The predicted octanol–water partition coefficient (Wildman–Crippen LogP) is 0.951. The van der Waals surface area contributed by atoms with Gasteiger partial charge in [0.05, 0.1) is 37.8 Å². The maximum absolute atomic E-state index is 12.8. The number of nitrogens with zero attached hydrogens (tertiary/aromatic N) is 1. The van der Waals surface area contributed by atoms with Crippen LogP contribution in [-0.2, 0) is 14.3 Å². The Morgan fingerprint density at radius 3 is 2.37 bits per heavy atom. The van der Waals surface area contributed by atoms with E-state index in [9.17, 15) is 4.79 Å². The third kappa shape index (κ3) is 6.00. The van der Waals surface area contributed by atoms with Gasteiger partial charge in [-0.15, -0.1) is 0 Å². The molecule has 0 unspecified atom stereocenters. The molecule has 3 rings (SSSR count). The van der Waals surface area contributed by atoms with Crippen LogP contribution in [-0.4, -0.2) is 77.3 Å². The van der Waals surface area contributed by atoms with E-state index in [-0.39, 0.29) is 18.1 Å². The van der Waals surface area contributed by atoms with Gasteiger partial charge in [0, 0.05) is 25.2 Å². The molecule has 2 N–H and O–H groups in total. The molecule has 0 radical (unpaired) electrons. The van der Waals surface area contributed by atoms with E-state index in [1.165, 1.54) is 4.90 Å². The Labute approximate surface area is 179 Å². The van der Waals surface area contributed by atoms with E-state index < -0.39 is 0 Å². The lowest BCUT2D eigenvalue weighted by molar-refractivity contribution is -0.907. The predicted molar refractivity (Wildman–Crippen MR) is 116 cm³/mol. The Balaban J connectivity index is 1.78. The summed E-state index contributed by atoms with van der Waals surface area (Å²) in [5.41, 5.74) is 1.62. The van der Waals surface area contributed by atoms with Gasteiger partial charge in [0.25, 0.3) is 5.91 Å². The van der Waals surface area contributed by atoms with E-state index in [0.717, 1.165) is 37.6 Å². The number of quaternary nitrogens is 1. The second-order valence-electron chi connectivity index (χ2n) is 7.92. The molecule has 30 heavy (non-hydrogen) atoms. The summed E-state index contributed by atoms with van der Waals surface area (Å²) in [4.78, 5) is 16.3. The zero-order valence-corrected chi connectivity index (χ0v) is 18.7. The summed E-state index contributed by atoms with van der Waals surface area (Å²) in [6.07, 6.45) is 0.320. The lowest BCUT2D eigenvalue weighted by Crippen LogP contribution is -3.16. The van der Waals surface area contributed by atoms with E-state index in [0.29, 0.717) is 44.4 Å². The van der Waals surface area contributed by atoms with Crippen molar-refractivity contribution in [1.29, 1.82) is 0 Å². The first kappa shape index (κ1) is 22.7. The maximum atomic E-state index is 12.8. The molecule has 8 heteroatoms. The molecule has 0 saturated carbocycles. The number of amides is 1. The molecule has 168 valence electrons. The summed E-state index contributed by atoms with van der Waals surface area (Å²) in [5.74, 6) is 1.38. The number of ether oxygens (including phenoxy) is 4. The van der Waals surface area contributed by atoms with Gasteiger partial charge in [-0.05, 0) is 27.7 Å². The minimum atomic E-state index is -0.0335. The molecule has 2 aliphatic rings. The number of carbonyl (C=O) groups is 1. The molecule has 0 spiro atoms. The van der Waals surface area contributed by atoms with Crippen molar-refractivity contribution in [3.8, 4) is 11.5 Å². The minimum absolute atomic E-state index is 0.0335. The van der Waals surface area contributed by atoms with Crippen molar-refractivity contribution in [2.45, 2.75) is 39.9 Å². The number of carbonyl (C=O) groups excluding carboxylic acids is 1. The molecule has 1 amide bonds. The van der Waals surface area contributed by atoms with Gasteiger partial charge in [-0.25, -0.2) is 0 Å². The highest BCUT2D eigenvalue weighted by Crippen LogP contribution is 2.39. The molecule has 0 aromatic heterocycles. The first-order valence-electron chi connectivity index (χ1n) is 11.0. The Morgan fingerprint density at radius 1 is 1.10 bits per heavy atom. The molecule has 2 saturated heterocycles. The van der Waals surface area contributed by atoms with Crippen molar-refractivity contribution < 1.29 is 28.6 Å². The zero-order valence-electron chi connectivity index (χ0n) is 18.7. The number of nitrogens with one attached hydrogen (secondary N) is 2. The number of hydrogen-bond donors (Lipinski definition) is 2. The highest BCUT2D eigenvalue weighted by atomic mass is 16.5. The van der Waals surface area contributed by atoms with Crippen LogP contribution in [0.2, 0.25) is 0 Å². The third-order valence-electron chi connectivity index (χ3n) is 5.31. The molecule has 2 atom stereocenters. The second-order valence-corrected chi connectivity index (χ2v) is 7.92. The normalized spacial score (nSPS) is 24.4. The van der Waals surface area contributed by atoms with Gasteiger partial charge in [0.15, 0.2) is 6.54 Å². The zero-order chi connectivity index (χ0) is 21.5. The van der Waals surface area contributed by atoms with Crippen molar-refractivity contribution in [2.24, 2.45) is 0 Å². The van der Waals surface area contributed by atoms with E-state index in [2.05, 4.69) is 24.1 Å². The van der Waals surface area contributed by atoms with Crippen molar-refractivity contribution in [3.05, 3.63) is 12.1 Å². The minimum Gasteiger partial charge on any atom is -0.492 e.